The normalized spacial score (nSPS) is 12.3. The molecule has 0 fully saturated rings. The van der Waals surface area contributed by atoms with Crippen molar-refractivity contribution in [3.8, 4) is 0 Å². The summed E-state index contributed by atoms with van der Waals surface area (Å²) < 4.78 is 0. The molecule has 1 amide bonds. The lowest BCUT2D eigenvalue weighted by atomic mass is 10.0. The lowest BCUT2D eigenvalue weighted by molar-refractivity contribution is -0.115. The number of carbonyl (C=O) groups is 1. The minimum atomic E-state index is -0.222. The van der Waals surface area contributed by atoms with Gasteiger partial charge in [-0.05, 0) is 50.5 Å². The summed E-state index contributed by atoms with van der Waals surface area (Å²) in [6.07, 6.45) is 2.43. The second-order valence-electron chi connectivity index (χ2n) is 6.19. The number of hydrogen-bond donors (Lipinski definition) is 2. The van der Waals surface area contributed by atoms with Gasteiger partial charge in [0.05, 0.1) is 10.8 Å². The van der Waals surface area contributed by atoms with Crippen molar-refractivity contribution >= 4 is 34.5 Å². The van der Waals surface area contributed by atoms with Gasteiger partial charge in [-0.2, -0.15) is 0 Å². The molecular weight excluding hydrogens is 332 g/mol. The second-order valence-corrected chi connectivity index (χ2v) is 7.39. The molecule has 6 heteroatoms. The zero-order chi connectivity index (χ0) is 18.0. The highest BCUT2D eigenvalue weighted by molar-refractivity contribution is 8.00. The molecule has 2 aromatic heterocycles. The van der Waals surface area contributed by atoms with Crippen LogP contribution in [0.15, 0.2) is 35.6 Å². The smallest absolute Gasteiger partial charge is 0.237 e. The van der Waals surface area contributed by atoms with E-state index in [-0.39, 0.29) is 11.2 Å². The van der Waals surface area contributed by atoms with Gasteiger partial charge in [0.2, 0.25) is 5.91 Å². The summed E-state index contributed by atoms with van der Waals surface area (Å²) >= 11 is 1.44. The number of pyridine rings is 1. The van der Waals surface area contributed by atoms with E-state index in [2.05, 4.69) is 39.3 Å². The van der Waals surface area contributed by atoms with E-state index >= 15 is 0 Å². The van der Waals surface area contributed by atoms with Gasteiger partial charge in [-0.3, -0.25) is 4.79 Å². The summed E-state index contributed by atoms with van der Waals surface area (Å²) in [5, 5.41) is 3.59. The number of thioether (sulfide) groups is 1. The summed E-state index contributed by atoms with van der Waals surface area (Å²) in [4.78, 5) is 24.7. The number of carbonyl (C=O) groups excluding carboxylic acids is 1. The number of nitrogens with zero attached hydrogens (tertiary/aromatic N) is 2. The van der Waals surface area contributed by atoms with Crippen LogP contribution in [-0.2, 0) is 4.79 Å². The third-order valence-electron chi connectivity index (χ3n) is 4.08. The Labute approximate surface area is 151 Å². The van der Waals surface area contributed by atoms with Crippen molar-refractivity contribution in [2.24, 2.45) is 0 Å². The van der Waals surface area contributed by atoms with Crippen molar-refractivity contribution in [2.45, 2.75) is 44.5 Å². The molecule has 0 saturated carbocycles. The minimum absolute atomic E-state index is 0.00373. The van der Waals surface area contributed by atoms with Gasteiger partial charge in [0.15, 0.2) is 10.8 Å². The van der Waals surface area contributed by atoms with E-state index in [9.17, 15) is 4.79 Å². The molecule has 3 rings (SSSR count). The van der Waals surface area contributed by atoms with Gasteiger partial charge in [0, 0.05) is 11.9 Å². The first-order valence-corrected chi connectivity index (χ1v) is 9.22. The van der Waals surface area contributed by atoms with Gasteiger partial charge < -0.3 is 10.3 Å². The topological polar surface area (TPSA) is 70.7 Å². The Kier molecular flexibility index (Phi) is 5.08. The number of H-pyrrole nitrogens is 1. The molecule has 2 heterocycles. The first-order chi connectivity index (χ1) is 12.0. The highest BCUT2D eigenvalue weighted by Gasteiger charge is 2.21. The number of aromatic nitrogens is 3. The van der Waals surface area contributed by atoms with Crippen LogP contribution in [0.4, 0.5) is 5.69 Å². The Morgan fingerprint density at radius 1 is 1.28 bits per heavy atom. The van der Waals surface area contributed by atoms with Crippen molar-refractivity contribution in [1.29, 1.82) is 0 Å². The monoisotopic (exact) mass is 354 g/mol. The van der Waals surface area contributed by atoms with Crippen molar-refractivity contribution in [1.82, 2.24) is 15.0 Å². The van der Waals surface area contributed by atoms with Gasteiger partial charge in [-0.15, -0.1) is 0 Å². The second kappa shape index (κ2) is 7.27. The summed E-state index contributed by atoms with van der Waals surface area (Å²) in [5.41, 5.74) is 5.82. The highest BCUT2D eigenvalue weighted by atomic mass is 32.2. The number of imidazole rings is 1. The van der Waals surface area contributed by atoms with Crippen molar-refractivity contribution in [2.75, 3.05) is 5.32 Å². The summed E-state index contributed by atoms with van der Waals surface area (Å²) in [5.74, 6) is -0.00373. The molecule has 0 radical (unpaired) electrons. The Morgan fingerprint density at radius 3 is 2.64 bits per heavy atom. The van der Waals surface area contributed by atoms with Gasteiger partial charge >= 0.3 is 0 Å². The van der Waals surface area contributed by atoms with Crippen LogP contribution in [-0.4, -0.2) is 26.1 Å². The molecule has 25 heavy (non-hydrogen) atoms. The van der Waals surface area contributed by atoms with Gasteiger partial charge in [-0.25, -0.2) is 9.97 Å². The number of fused-ring (bicyclic) bond motifs is 1. The van der Waals surface area contributed by atoms with E-state index in [4.69, 9.17) is 0 Å². The van der Waals surface area contributed by atoms with Crippen LogP contribution in [0, 0.1) is 20.8 Å². The van der Waals surface area contributed by atoms with E-state index in [0.717, 1.165) is 22.3 Å². The molecule has 0 aliphatic carbocycles. The third-order valence-corrected chi connectivity index (χ3v) is 5.33. The highest BCUT2D eigenvalue weighted by Crippen LogP contribution is 2.27. The van der Waals surface area contributed by atoms with E-state index in [1.807, 2.05) is 32.9 Å². The standard InChI is InChI=1S/C19H22N4OS/c1-5-15(25-19-21-14-7-6-8-20-17(14)23-19)18(24)22-16-12(3)9-11(2)10-13(16)4/h6-10,15H,5H2,1-4H3,(H,22,24)(H,20,21,23)/t15-/m0/s1. The molecule has 0 spiro atoms. The fraction of sp³-hybridized carbons (Fsp3) is 0.316. The quantitative estimate of drug-likeness (QED) is 0.667. The van der Waals surface area contributed by atoms with Crippen LogP contribution < -0.4 is 5.32 Å². The van der Waals surface area contributed by atoms with Crippen molar-refractivity contribution < 1.29 is 4.79 Å². The summed E-state index contributed by atoms with van der Waals surface area (Å²) in [6.45, 7) is 8.11. The molecule has 2 N–H and O–H groups in total. The van der Waals surface area contributed by atoms with Crippen LogP contribution >= 0.6 is 11.8 Å². The number of aromatic amines is 1. The average molecular weight is 354 g/mol. The zero-order valence-corrected chi connectivity index (χ0v) is 15.7. The minimum Gasteiger partial charge on any atom is -0.332 e. The lowest BCUT2D eigenvalue weighted by Crippen LogP contribution is -2.25. The molecule has 0 aliphatic heterocycles. The Bertz CT molecular complexity index is 863. The summed E-state index contributed by atoms with van der Waals surface area (Å²) in [6, 6.07) is 7.96. The van der Waals surface area contributed by atoms with Crippen molar-refractivity contribution in [3.05, 3.63) is 47.2 Å². The molecule has 0 unspecified atom stereocenters. The van der Waals surface area contributed by atoms with Crippen LogP contribution in [0.25, 0.3) is 11.2 Å². The predicted octanol–water partition coefficient (Wildman–Crippen LogP) is 4.39. The van der Waals surface area contributed by atoms with Crippen LogP contribution in [0.1, 0.15) is 30.0 Å². The number of anilines is 1. The Balaban J connectivity index is 1.77. The maximum atomic E-state index is 12.8. The molecule has 3 aromatic rings. The maximum absolute atomic E-state index is 12.8. The van der Waals surface area contributed by atoms with Gasteiger partial charge in [-0.1, -0.05) is 36.4 Å². The number of benzene rings is 1. The molecule has 1 aromatic carbocycles. The van der Waals surface area contributed by atoms with Crippen LogP contribution in [0.3, 0.4) is 0 Å². The SMILES string of the molecule is CC[C@H](Sc1nc2ncccc2[nH]1)C(=O)Nc1c(C)cc(C)cc1C. The molecule has 130 valence electrons. The first-order valence-electron chi connectivity index (χ1n) is 8.34. The van der Waals surface area contributed by atoms with E-state index in [0.29, 0.717) is 17.2 Å². The van der Waals surface area contributed by atoms with Crippen LogP contribution in [0.2, 0.25) is 0 Å². The Morgan fingerprint density at radius 2 is 2.00 bits per heavy atom. The number of hydrogen-bond acceptors (Lipinski definition) is 4. The molecule has 5 nitrogen and oxygen atoms in total. The number of nitrogens with one attached hydrogen (secondary N) is 2. The number of aryl methyl sites for hydroxylation is 3. The number of amides is 1. The predicted molar refractivity (Wildman–Crippen MR) is 103 cm³/mol. The molecule has 1 atom stereocenters. The first kappa shape index (κ1) is 17.5. The lowest BCUT2D eigenvalue weighted by Gasteiger charge is -2.17. The third kappa shape index (κ3) is 3.85. The number of rotatable bonds is 5. The molecule has 0 aliphatic rings. The van der Waals surface area contributed by atoms with E-state index < -0.39 is 0 Å². The fourth-order valence-corrected chi connectivity index (χ4v) is 3.83. The van der Waals surface area contributed by atoms with E-state index in [1.54, 1.807) is 6.20 Å². The van der Waals surface area contributed by atoms with Gasteiger partial charge in [0.1, 0.15) is 0 Å². The average Bonchev–Trinajstić information content (AvgIpc) is 2.98. The van der Waals surface area contributed by atoms with Gasteiger partial charge in [0.25, 0.3) is 0 Å². The molecule has 0 saturated heterocycles. The van der Waals surface area contributed by atoms with Crippen LogP contribution in [0.5, 0.6) is 0 Å². The van der Waals surface area contributed by atoms with Crippen molar-refractivity contribution in [3.63, 3.8) is 0 Å². The molecular formula is C19H22N4OS. The fourth-order valence-electron chi connectivity index (χ4n) is 2.92. The summed E-state index contributed by atoms with van der Waals surface area (Å²) in [7, 11) is 0. The Hall–Kier alpha value is -2.34. The maximum Gasteiger partial charge on any atom is 0.237 e. The van der Waals surface area contributed by atoms with E-state index in [1.165, 1.54) is 17.3 Å². The largest absolute Gasteiger partial charge is 0.332 e. The zero-order valence-electron chi connectivity index (χ0n) is 14.9. The molecule has 0 bridgehead atoms.